The zero-order valence-electron chi connectivity index (χ0n) is 53.8. The van der Waals surface area contributed by atoms with E-state index in [1.165, 1.54) is 10.1 Å². The number of hydrogen-bond acceptors (Lipinski definition) is 12. The summed E-state index contributed by atoms with van der Waals surface area (Å²) in [5.74, 6) is 3.13. The standard InChI is InChI=1S/C90H48N6O5S/c1-3-20-49(21-4-1)85-91-87(95-88(92-85)64-35-17-40-73-78(64)68-46-51(44-45-72(68)97-73)53-27-13-29-58-55-24-7-10-38-70(55)98-80(53)58)63-34-18-41-74-77(63)62-33-15-31-60(82(62)100-74)67-47-52(54-28-14-30-59-56-25-8-11-39-71(56)99-81(54)59)48-69-79-65(36-19-42-75(79)101-83(67)69)89-93-86(50-22-5-2-6-23-50)94-90(96-89)66-37-16-32-61-57-26-9-12-43-76(57)102-84(61)66/h1-48H. The van der Waals surface area contributed by atoms with Gasteiger partial charge in [0, 0.05) is 130 Å². The van der Waals surface area contributed by atoms with E-state index in [9.17, 15) is 0 Å². The molecule has 0 radical (unpaired) electrons. The molecular weight excluding hydrogens is 1280 g/mol. The first-order valence-electron chi connectivity index (χ1n) is 33.8. The van der Waals surface area contributed by atoms with Crippen molar-refractivity contribution >= 4 is 141 Å². The van der Waals surface area contributed by atoms with Gasteiger partial charge in [0.2, 0.25) is 0 Å². The summed E-state index contributed by atoms with van der Waals surface area (Å²) >= 11 is 1.75. The van der Waals surface area contributed by atoms with Crippen LogP contribution in [0.25, 0.3) is 232 Å². The van der Waals surface area contributed by atoms with Gasteiger partial charge in [-0.2, -0.15) is 0 Å². The average Bonchev–Trinajstić information content (AvgIpc) is 1.55. The second kappa shape index (κ2) is 21.9. The Morgan fingerprint density at radius 3 is 1.19 bits per heavy atom. The number of benzene rings is 14. The monoisotopic (exact) mass is 1320 g/mol. The Labute approximate surface area is 582 Å². The number of nitrogens with zero attached hydrogens (tertiary/aromatic N) is 6. The number of thiophene rings is 1. The zero-order valence-corrected chi connectivity index (χ0v) is 54.7. The normalized spacial score (nSPS) is 12.1. The van der Waals surface area contributed by atoms with Crippen LogP contribution in [-0.4, -0.2) is 29.9 Å². The van der Waals surface area contributed by atoms with Gasteiger partial charge in [-0.1, -0.05) is 224 Å². The van der Waals surface area contributed by atoms with Gasteiger partial charge in [-0.05, 0) is 77.9 Å². The van der Waals surface area contributed by atoms with Crippen LogP contribution < -0.4 is 0 Å². The average molecular weight is 1330 g/mol. The summed E-state index contributed by atoms with van der Waals surface area (Å²) < 4.78 is 37.0. The fourth-order valence-corrected chi connectivity index (χ4v) is 16.6. The van der Waals surface area contributed by atoms with Crippen molar-refractivity contribution in [1.29, 1.82) is 0 Å². The maximum Gasteiger partial charge on any atom is 0.165 e. The summed E-state index contributed by atoms with van der Waals surface area (Å²) in [5, 5.41) is 11.8. The van der Waals surface area contributed by atoms with Gasteiger partial charge in [-0.3, -0.25) is 0 Å². The predicted molar refractivity (Wildman–Crippen MR) is 411 cm³/mol. The second-order valence-electron chi connectivity index (χ2n) is 25.8. The van der Waals surface area contributed by atoms with Crippen molar-refractivity contribution < 1.29 is 22.1 Å². The number of para-hydroxylation sites is 5. The number of fused-ring (bicyclic) bond motifs is 18. The van der Waals surface area contributed by atoms with Crippen molar-refractivity contribution in [3.63, 3.8) is 0 Å². The van der Waals surface area contributed by atoms with Crippen molar-refractivity contribution in [2.24, 2.45) is 0 Å². The molecule has 22 aromatic rings. The molecular formula is C90H48N6O5S. The summed E-state index contributed by atoms with van der Waals surface area (Å²) in [4.78, 5) is 32.3. The Balaban J connectivity index is 0.750. The minimum Gasteiger partial charge on any atom is -0.456 e. The second-order valence-corrected chi connectivity index (χ2v) is 26.9. The molecule has 12 heteroatoms. The van der Waals surface area contributed by atoms with Gasteiger partial charge >= 0.3 is 0 Å². The summed E-state index contributed by atoms with van der Waals surface area (Å²) in [6.45, 7) is 0. The highest BCUT2D eigenvalue weighted by Crippen LogP contribution is 2.50. The van der Waals surface area contributed by atoms with E-state index in [2.05, 4.69) is 158 Å². The highest BCUT2D eigenvalue weighted by Gasteiger charge is 2.28. The van der Waals surface area contributed by atoms with E-state index < -0.39 is 0 Å². The molecule has 0 unspecified atom stereocenters. The molecule has 102 heavy (non-hydrogen) atoms. The molecule has 11 nitrogen and oxygen atoms in total. The number of furan rings is 5. The lowest BCUT2D eigenvalue weighted by atomic mass is 9.93. The van der Waals surface area contributed by atoms with E-state index in [4.69, 9.17) is 52.0 Å². The van der Waals surface area contributed by atoms with Gasteiger partial charge in [0.05, 0.1) is 0 Å². The first-order chi connectivity index (χ1) is 50.5. The molecule has 0 bridgehead atoms. The van der Waals surface area contributed by atoms with Crippen LogP contribution >= 0.6 is 11.3 Å². The Morgan fingerprint density at radius 2 is 0.578 bits per heavy atom. The van der Waals surface area contributed by atoms with Crippen molar-refractivity contribution in [2.75, 3.05) is 0 Å². The smallest absolute Gasteiger partial charge is 0.165 e. The molecule has 0 spiro atoms. The highest BCUT2D eigenvalue weighted by molar-refractivity contribution is 7.26. The van der Waals surface area contributed by atoms with E-state index in [0.717, 1.165) is 159 Å². The molecule has 474 valence electrons. The van der Waals surface area contributed by atoms with Crippen molar-refractivity contribution in [3.05, 3.63) is 291 Å². The number of rotatable bonds is 9. The van der Waals surface area contributed by atoms with Gasteiger partial charge < -0.3 is 22.1 Å². The highest BCUT2D eigenvalue weighted by atomic mass is 32.1. The van der Waals surface area contributed by atoms with Crippen LogP contribution in [0.5, 0.6) is 0 Å². The molecule has 0 saturated heterocycles. The Hall–Kier alpha value is -13.7. The first kappa shape index (κ1) is 56.3. The van der Waals surface area contributed by atoms with Crippen molar-refractivity contribution in [2.45, 2.75) is 0 Å². The SMILES string of the molecule is c1ccc(-c2nc(-c3cccc4c3sc3ccccc34)nc(-c3cccc4oc5c(-c6cccc7c6oc6cccc(-c8nc(-c9ccccc9)nc(-c9cccc%10oc%11ccc(-c%12cccc%13c%12oc%12ccccc%12%13)cc%11c9%10)n8)c67)cc(-c6cccc7c6oc6ccccc67)cc5c34)n2)cc1. The Kier molecular flexibility index (Phi) is 12.1. The fourth-order valence-electron chi connectivity index (χ4n) is 15.4. The quantitative estimate of drug-likeness (QED) is 0.136. The summed E-state index contributed by atoms with van der Waals surface area (Å²) in [6.07, 6.45) is 0. The van der Waals surface area contributed by atoms with Crippen LogP contribution in [0.3, 0.4) is 0 Å². The van der Waals surface area contributed by atoms with Gasteiger partial charge in [-0.15, -0.1) is 11.3 Å². The molecule has 0 atom stereocenters. The van der Waals surface area contributed by atoms with Crippen LogP contribution in [0.2, 0.25) is 0 Å². The van der Waals surface area contributed by atoms with Gasteiger partial charge in [0.15, 0.2) is 34.9 Å². The minimum atomic E-state index is 0.477. The molecule has 0 fully saturated rings. The first-order valence-corrected chi connectivity index (χ1v) is 34.6. The zero-order chi connectivity index (χ0) is 66.7. The molecule has 8 heterocycles. The molecule has 0 N–H and O–H groups in total. The van der Waals surface area contributed by atoms with Crippen molar-refractivity contribution in [3.8, 4) is 102 Å². The molecule has 0 amide bonds. The van der Waals surface area contributed by atoms with Crippen molar-refractivity contribution in [1.82, 2.24) is 29.9 Å². The summed E-state index contributed by atoms with van der Waals surface area (Å²) in [5.41, 5.74) is 17.8. The summed E-state index contributed by atoms with van der Waals surface area (Å²) in [7, 11) is 0. The minimum absolute atomic E-state index is 0.477. The lowest BCUT2D eigenvalue weighted by Crippen LogP contribution is -2.00. The third kappa shape index (κ3) is 8.60. The molecule has 14 aromatic carbocycles. The van der Waals surface area contributed by atoms with Crippen LogP contribution in [0.1, 0.15) is 0 Å². The number of hydrogen-bond donors (Lipinski definition) is 0. The molecule has 8 aromatic heterocycles. The molecule has 0 aliphatic carbocycles. The predicted octanol–water partition coefficient (Wildman–Crippen LogP) is 24.9. The Bertz CT molecular complexity index is 7280. The Morgan fingerprint density at radius 1 is 0.196 bits per heavy atom. The number of aromatic nitrogens is 6. The maximum atomic E-state index is 7.31. The molecule has 0 aliphatic heterocycles. The van der Waals surface area contributed by atoms with Crippen LogP contribution in [0.4, 0.5) is 0 Å². The third-order valence-corrected chi connectivity index (χ3v) is 21.3. The molecule has 0 aliphatic rings. The van der Waals surface area contributed by atoms with Gasteiger partial charge in [0.25, 0.3) is 0 Å². The molecule has 0 saturated carbocycles. The van der Waals surface area contributed by atoms with E-state index in [-0.39, 0.29) is 0 Å². The van der Waals surface area contributed by atoms with E-state index in [1.54, 1.807) is 11.3 Å². The van der Waals surface area contributed by atoms with E-state index >= 15 is 0 Å². The maximum absolute atomic E-state index is 7.31. The summed E-state index contributed by atoms with van der Waals surface area (Å²) in [6, 6.07) is 99.6. The largest absolute Gasteiger partial charge is 0.456 e. The van der Waals surface area contributed by atoms with Gasteiger partial charge in [0.1, 0.15) is 55.8 Å². The van der Waals surface area contributed by atoms with Crippen LogP contribution in [-0.2, 0) is 0 Å². The van der Waals surface area contributed by atoms with E-state index in [1.807, 2.05) is 133 Å². The topological polar surface area (TPSA) is 143 Å². The fraction of sp³-hybridized carbons (Fsp3) is 0. The van der Waals surface area contributed by atoms with Crippen LogP contribution in [0.15, 0.2) is 313 Å². The van der Waals surface area contributed by atoms with E-state index in [0.29, 0.717) is 62.9 Å². The third-order valence-electron chi connectivity index (χ3n) is 20.0. The molecule has 22 rings (SSSR count). The lowest BCUT2D eigenvalue weighted by molar-refractivity contribution is 0.665. The van der Waals surface area contributed by atoms with Gasteiger partial charge in [-0.25, -0.2) is 29.9 Å². The van der Waals surface area contributed by atoms with Crippen LogP contribution in [0, 0.1) is 0 Å². The lowest BCUT2D eigenvalue weighted by Gasteiger charge is -2.11.